The van der Waals surface area contributed by atoms with Gasteiger partial charge in [0.1, 0.15) is 0 Å². The van der Waals surface area contributed by atoms with Crippen molar-refractivity contribution in [3.05, 3.63) is 93.5 Å². The zero-order valence-corrected chi connectivity index (χ0v) is 19.4. The van der Waals surface area contributed by atoms with Crippen LogP contribution in [0.25, 0.3) is 0 Å². The summed E-state index contributed by atoms with van der Waals surface area (Å²) in [6.45, 7) is 4.07. The van der Waals surface area contributed by atoms with Gasteiger partial charge in [0, 0.05) is 15.7 Å². The molecule has 0 spiro atoms. The number of benzene rings is 3. The Morgan fingerprint density at radius 3 is 2.30 bits per heavy atom. The number of aryl methyl sites for hydroxylation is 2. The number of sulfonamides is 1. The Hall–Kier alpha value is -2.64. The predicted octanol–water partition coefficient (Wildman–Crippen LogP) is 5.28. The van der Waals surface area contributed by atoms with E-state index in [0.717, 1.165) is 21.2 Å². The number of hydrogen-bond acceptors (Lipinski definition) is 3. The fraction of sp³-hybridized carbons (Fsp3) is 0.174. The fourth-order valence-corrected chi connectivity index (χ4v) is 4.16. The molecule has 30 heavy (non-hydrogen) atoms. The molecule has 0 saturated heterocycles. The van der Waals surface area contributed by atoms with Crippen LogP contribution < -0.4 is 9.62 Å². The van der Waals surface area contributed by atoms with Crippen LogP contribution in [0.1, 0.15) is 27.0 Å². The second-order valence-electron chi connectivity index (χ2n) is 7.22. The van der Waals surface area contributed by atoms with E-state index in [2.05, 4.69) is 21.2 Å². The third-order valence-corrected chi connectivity index (χ3v) is 6.68. The first-order valence-corrected chi connectivity index (χ1v) is 12.0. The molecule has 0 fully saturated rings. The molecular formula is C23H23BrN2O3S. The van der Waals surface area contributed by atoms with Crippen LogP contribution in [-0.4, -0.2) is 20.6 Å². The van der Waals surface area contributed by atoms with Gasteiger partial charge in [-0.1, -0.05) is 40.2 Å². The summed E-state index contributed by atoms with van der Waals surface area (Å²) in [6.07, 6.45) is 1.19. The van der Waals surface area contributed by atoms with Gasteiger partial charge in [-0.3, -0.25) is 9.10 Å². The van der Waals surface area contributed by atoms with Gasteiger partial charge in [0.2, 0.25) is 10.0 Å². The molecule has 3 rings (SSSR count). The zero-order chi connectivity index (χ0) is 21.9. The highest BCUT2D eigenvalue weighted by Gasteiger charge is 2.18. The van der Waals surface area contributed by atoms with Crippen molar-refractivity contribution in [3.8, 4) is 0 Å². The van der Waals surface area contributed by atoms with Crippen LogP contribution in [0.5, 0.6) is 0 Å². The Bertz CT molecular complexity index is 1180. The Morgan fingerprint density at radius 1 is 1.00 bits per heavy atom. The van der Waals surface area contributed by atoms with Crippen molar-refractivity contribution in [2.24, 2.45) is 0 Å². The van der Waals surface area contributed by atoms with E-state index in [1.54, 1.807) is 30.3 Å². The summed E-state index contributed by atoms with van der Waals surface area (Å²) in [5.74, 6) is -0.220. The van der Waals surface area contributed by atoms with Crippen molar-refractivity contribution in [3.63, 3.8) is 0 Å². The van der Waals surface area contributed by atoms with Crippen LogP contribution in [-0.2, 0) is 16.6 Å². The molecule has 7 heteroatoms. The highest BCUT2D eigenvalue weighted by molar-refractivity contribution is 9.10. The van der Waals surface area contributed by atoms with Gasteiger partial charge in [-0.2, -0.15) is 0 Å². The SMILES string of the molecule is Cc1cccc(N(Cc2ccc(C(=O)Nc3ccc(Br)c(C)c3)cc2)S(C)(=O)=O)c1. The minimum atomic E-state index is -3.46. The monoisotopic (exact) mass is 486 g/mol. The molecule has 0 bridgehead atoms. The first kappa shape index (κ1) is 22.1. The number of amides is 1. The highest BCUT2D eigenvalue weighted by atomic mass is 79.9. The van der Waals surface area contributed by atoms with Crippen molar-refractivity contribution in [2.45, 2.75) is 20.4 Å². The first-order valence-electron chi connectivity index (χ1n) is 9.34. The number of hydrogen-bond donors (Lipinski definition) is 1. The van der Waals surface area contributed by atoms with Gasteiger partial charge in [-0.25, -0.2) is 8.42 Å². The molecule has 0 heterocycles. The third kappa shape index (κ3) is 5.49. The van der Waals surface area contributed by atoms with E-state index in [0.29, 0.717) is 16.9 Å². The van der Waals surface area contributed by atoms with E-state index >= 15 is 0 Å². The number of nitrogens with one attached hydrogen (secondary N) is 1. The molecule has 0 unspecified atom stereocenters. The largest absolute Gasteiger partial charge is 0.322 e. The minimum Gasteiger partial charge on any atom is -0.322 e. The molecular weight excluding hydrogens is 464 g/mol. The molecule has 5 nitrogen and oxygen atoms in total. The predicted molar refractivity (Wildman–Crippen MR) is 125 cm³/mol. The van der Waals surface area contributed by atoms with Crippen molar-refractivity contribution >= 4 is 43.2 Å². The van der Waals surface area contributed by atoms with Crippen LogP contribution in [0.3, 0.4) is 0 Å². The van der Waals surface area contributed by atoms with Crippen LogP contribution in [0.15, 0.2) is 71.2 Å². The molecule has 0 saturated carbocycles. The van der Waals surface area contributed by atoms with E-state index in [-0.39, 0.29) is 12.5 Å². The van der Waals surface area contributed by atoms with Crippen molar-refractivity contribution < 1.29 is 13.2 Å². The van der Waals surface area contributed by atoms with Crippen molar-refractivity contribution in [2.75, 3.05) is 15.9 Å². The lowest BCUT2D eigenvalue weighted by molar-refractivity contribution is 0.102. The normalized spacial score (nSPS) is 11.2. The van der Waals surface area contributed by atoms with Gasteiger partial charge in [0.15, 0.2) is 0 Å². The smallest absolute Gasteiger partial charge is 0.255 e. The standard InChI is InChI=1S/C23H23BrN2O3S/c1-16-5-4-6-21(13-16)26(30(3,28)29)15-18-7-9-19(10-8-18)23(27)25-20-11-12-22(24)17(2)14-20/h4-14H,15H2,1-3H3,(H,25,27). The average Bonchev–Trinajstić information content (AvgIpc) is 2.68. The van der Waals surface area contributed by atoms with Crippen molar-refractivity contribution in [1.82, 2.24) is 0 Å². The van der Waals surface area contributed by atoms with E-state index in [1.807, 2.05) is 50.2 Å². The Kier molecular flexibility index (Phi) is 6.63. The molecule has 156 valence electrons. The van der Waals surface area contributed by atoms with Crippen molar-refractivity contribution in [1.29, 1.82) is 0 Å². The maximum absolute atomic E-state index is 12.5. The second kappa shape index (κ2) is 9.02. The molecule has 0 aromatic heterocycles. The number of nitrogens with zero attached hydrogens (tertiary/aromatic N) is 1. The van der Waals surface area contributed by atoms with Gasteiger partial charge < -0.3 is 5.32 Å². The summed E-state index contributed by atoms with van der Waals surface area (Å²) in [6, 6.07) is 19.9. The van der Waals surface area contributed by atoms with E-state index < -0.39 is 10.0 Å². The Balaban J connectivity index is 1.76. The molecule has 1 amide bonds. The van der Waals surface area contributed by atoms with Gasteiger partial charge in [0.05, 0.1) is 18.5 Å². The van der Waals surface area contributed by atoms with Crippen LogP contribution in [0, 0.1) is 13.8 Å². The third-order valence-electron chi connectivity index (χ3n) is 4.65. The molecule has 0 aliphatic carbocycles. The number of carbonyl (C=O) groups excluding carboxylic acids is 1. The van der Waals surface area contributed by atoms with Crippen LogP contribution >= 0.6 is 15.9 Å². The van der Waals surface area contributed by atoms with Gasteiger partial charge in [-0.05, 0) is 73.0 Å². The number of carbonyl (C=O) groups is 1. The number of anilines is 2. The summed E-state index contributed by atoms with van der Waals surface area (Å²) < 4.78 is 27.0. The lowest BCUT2D eigenvalue weighted by atomic mass is 10.1. The summed E-state index contributed by atoms with van der Waals surface area (Å²) in [7, 11) is -3.46. The fourth-order valence-electron chi connectivity index (χ4n) is 3.04. The topological polar surface area (TPSA) is 66.5 Å². The lowest BCUT2D eigenvalue weighted by Gasteiger charge is -2.23. The summed E-state index contributed by atoms with van der Waals surface area (Å²) in [5.41, 5.74) is 4.63. The summed E-state index contributed by atoms with van der Waals surface area (Å²) in [5, 5.41) is 2.88. The van der Waals surface area contributed by atoms with E-state index in [1.165, 1.54) is 10.6 Å². The maximum atomic E-state index is 12.5. The molecule has 0 radical (unpaired) electrons. The van der Waals surface area contributed by atoms with Crippen LogP contribution in [0.4, 0.5) is 11.4 Å². The van der Waals surface area contributed by atoms with E-state index in [9.17, 15) is 13.2 Å². The maximum Gasteiger partial charge on any atom is 0.255 e. The lowest BCUT2D eigenvalue weighted by Crippen LogP contribution is -2.29. The Morgan fingerprint density at radius 2 is 1.70 bits per heavy atom. The molecule has 0 atom stereocenters. The number of halogens is 1. The minimum absolute atomic E-state index is 0.191. The molecule has 3 aromatic rings. The number of rotatable bonds is 6. The zero-order valence-electron chi connectivity index (χ0n) is 17.0. The van der Waals surface area contributed by atoms with E-state index in [4.69, 9.17) is 0 Å². The summed E-state index contributed by atoms with van der Waals surface area (Å²) >= 11 is 3.44. The molecule has 1 N–H and O–H groups in total. The molecule has 0 aliphatic rings. The Labute approximate surface area is 185 Å². The summed E-state index contributed by atoms with van der Waals surface area (Å²) in [4.78, 5) is 12.5. The highest BCUT2D eigenvalue weighted by Crippen LogP contribution is 2.23. The quantitative estimate of drug-likeness (QED) is 0.514. The van der Waals surface area contributed by atoms with Gasteiger partial charge in [-0.15, -0.1) is 0 Å². The van der Waals surface area contributed by atoms with Gasteiger partial charge >= 0.3 is 0 Å². The molecule has 3 aromatic carbocycles. The first-order chi connectivity index (χ1) is 14.1. The second-order valence-corrected chi connectivity index (χ2v) is 9.98. The van der Waals surface area contributed by atoms with Crippen LogP contribution in [0.2, 0.25) is 0 Å². The molecule has 0 aliphatic heterocycles. The van der Waals surface area contributed by atoms with Gasteiger partial charge in [0.25, 0.3) is 5.91 Å². The average molecular weight is 487 g/mol.